The van der Waals surface area contributed by atoms with E-state index < -0.39 is 0 Å². The summed E-state index contributed by atoms with van der Waals surface area (Å²) in [5.41, 5.74) is 0. The van der Waals surface area contributed by atoms with Crippen molar-refractivity contribution in [3.05, 3.63) is 0 Å². The molecule has 1 saturated heterocycles. The highest BCUT2D eigenvalue weighted by molar-refractivity contribution is 4.88. The summed E-state index contributed by atoms with van der Waals surface area (Å²) < 4.78 is 0. The maximum Gasteiger partial charge on any atom is 0.0244 e. The van der Waals surface area contributed by atoms with Crippen molar-refractivity contribution >= 4 is 0 Å². The monoisotopic (exact) mass is 253 g/mol. The van der Waals surface area contributed by atoms with Gasteiger partial charge in [-0.3, -0.25) is 4.90 Å². The molecule has 1 aliphatic heterocycles. The zero-order chi connectivity index (χ0) is 13.1. The van der Waals surface area contributed by atoms with Gasteiger partial charge in [-0.2, -0.15) is 0 Å². The Labute approximate surface area is 113 Å². The lowest BCUT2D eigenvalue weighted by Gasteiger charge is -2.41. The molecule has 1 heterocycles. The van der Waals surface area contributed by atoms with Crippen LogP contribution in [0.25, 0.3) is 0 Å². The first-order chi connectivity index (χ1) is 8.58. The van der Waals surface area contributed by atoms with E-state index in [0.29, 0.717) is 6.04 Å². The summed E-state index contributed by atoms with van der Waals surface area (Å²) in [7, 11) is 4.59. The topological polar surface area (TPSA) is 18.5 Å². The molecule has 1 saturated carbocycles. The van der Waals surface area contributed by atoms with E-state index >= 15 is 0 Å². The molecule has 2 rings (SSSR count). The van der Waals surface area contributed by atoms with Crippen molar-refractivity contribution in [1.29, 1.82) is 0 Å². The lowest BCUT2D eigenvalue weighted by molar-refractivity contribution is 0.0779. The fourth-order valence-electron chi connectivity index (χ4n) is 3.17. The highest BCUT2D eigenvalue weighted by Gasteiger charge is 2.29. The van der Waals surface area contributed by atoms with Gasteiger partial charge in [0.05, 0.1) is 0 Å². The van der Waals surface area contributed by atoms with Gasteiger partial charge in [-0.15, -0.1) is 0 Å². The molecule has 18 heavy (non-hydrogen) atoms. The molecule has 1 N–H and O–H groups in total. The van der Waals surface area contributed by atoms with E-state index in [1.165, 1.54) is 45.3 Å². The maximum atomic E-state index is 3.71. The van der Waals surface area contributed by atoms with Gasteiger partial charge in [-0.05, 0) is 52.2 Å². The highest BCUT2D eigenvalue weighted by atomic mass is 15.2. The molecular formula is C15H31N3. The van der Waals surface area contributed by atoms with Crippen LogP contribution >= 0.6 is 0 Å². The average molecular weight is 253 g/mol. The molecule has 0 aromatic rings. The van der Waals surface area contributed by atoms with Crippen molar-refractivity contribution in [3.8, 4) is 0 Å². The first-order valence-electron chi connectivity index (χ1n) is 7.71. The van der Waals surface area contributed by atoms with E-state index in [9.17, 15) is 0 Å². The van der Waals surface area contributed by atoms with Crippen LogP contribution in [0.1, 0.15) is 39.5 Å². The number of likely N-dealkylation sites (tertiary alicyclic amines) is 1. The van der Waals surface area contributed by atoms with E-state index in [1.807, 2.05) is 0 Å². The van der Waals surface area contributed by atoms with E-state index in [0.717, 1.165) is 18.0 Å². The summed E-state index contributed by atoms with van der Waals surface area (Å²) in [6, 6.07) is 2.26. The van der Waals surface area contributed by atoms with E-state index in [4.69, 9.17) is 0 Å². The lowest BCUT2D eigenvalue weighted by Crippen LogP contribution is -2.53. The molecule has 0 amide bonds. The van der Waals surface area contributed by atoms with Crippen LogP contribution in [-0.4, -0.2) is 61.7 Å². The number of piperidine rings is 1. The standard InChI is InChI=1S/C15H31N3/c1-12(2)15(10-16-13-7-8-13)18(4)14-6-5-9-17(3)11-14/h12-16H,5-11H2,1-4H3. The summed E-state index contributed by atoms with van der Waals surface area (Å²) >= 11 is 0. The minimum absolute atomic E-state index is 0.682. The Morgan fingerprint density at radius 3 is 2.56 bits per heavy atom. The second-order valence-corrected chi connectivity index (χ2v) is 6.72. The predicted octanol–water partition coefficient (Wildman–Crippen LogP) is 1.79. The van der Waals surface area contributed by atoms with Crippen LogP contribution < -0.4 is 5.32 Å². The SMILES string of the molecule is CC(C)C(CNC1CC1)N(C)C1CCCN(C)C1. The smallest absolute Gasteiger partial charge is 0.0244 e. The highest BCUT2D eigenvalue weighted by Crippen LogP contribution is 2.22. The van der Waals surface area contributed by atoms with E-state index in [1.54, 1.807) is 0 Å². The van der Waals surface area contributed by atoms with Crippen molar-refractivity contribution < 1.29 is 0 Å². The summed E-state index contributed by atoms with van der Waals surface area (Å²) in [6.07, 6.45) is 5.50. The first kappa shape index (κ1) is 14.3. The molecule has 3 heteroatoms. The van der Waals surface area contributed by atoms with Gasteiger partial charge in [0.15, 0.2) is 0 Å². The largest absolute Gasteiger partial charge is 0.312 e. The normalized spacial score (nSPS) is 28.0. The van der Waals surface area contributed by atoms with Crippen molar-refractivity contribution in [2.24, 2.45) is 5.92 Å². The molecule has 0 bridgehead atoms. The Morgan fingerprint density at radius 1 is 1.28 bits per heavy atom. The van der Waals surface area contributed by atoms with Crippen molar-refractivity contribution in [2.75, 3.05) is 33.7 Å². The number of nitrogens with one attached hydrogen (secondary N) is 1. The number of nitrogens with zero attached hydrogens (tertiary/aromatic N) is 2. The Hall–Kier alpha value is -0.120. The van der Waals surface area contributed by atoms with Crippen LogP contribution in [0.4, 0.5) is 0 Å². The second kappa shape index (κ2) is 6.36. The molecule has 0 spiro atoms. The molecule has 0 aromatic carbocycles. The van der Waals surface area contributed by atoms with E-state index in [2.05, 4.69) is 43.1 Å². The number of likely N-dealkylation sites (N-methyl/N-ethyl adjacent to an activating group) is 2. The lowest BCUT2D eigenvalue weighted by atomic mass is 9.97. The van der Waals surface area contributed by atoms with Gasteiger partial charge >= 0.3 is 0 Å². The number of hydrogen-bond donors (Lipinski definition) is 1. The zero-order valence-corrected chi connectivity index (χ0v) is 12.7. The van der Waals surface area contributed by atoms with Crippen LogP contribution in [0, 0.1) is 5.92 Å². The summed E-state index contributed by atoms with van der Waals surface area (Å²) in [4.78, 5) is 5.13. The summed E-state index contributed by atoms with van der Waals surface area (Å²) in [5.74, 6) is 0.730. The summed E-state index contributed by atoms with van der Waals surface area (Å²) in [5, 5.41) is 3.71. The van der Waals surface area contributed by atoms with Crippen molar-refractivity contribution in [1.82, 2.24) is 15.1 Å². The number of hydrogen-bond acceptors (Lipinski definition) is 3. The third-order valence-corrected chi connectivity index (χ3v) is 4.66. The fraction of sp³-hybridized carbons (Fsp3) is 1.00. The van der Waals surface area contributed by atoms with Crippen LogP contribution in [0.3, 0.4) is 0 Å². The zero-order valence-electron chi connectivity index (χ0n) is 12.7. The third-order valence-electron chi connectivity index (χ3n) is 4.66. The molecular weight excluding hydrogens is 222 g/mol. The van der Waals surface area contributed by atoms with Gasteiger partial charge in [0.2, 0.25) is 0 Å². The molecule has 0 aromatic heterocycles. The Balaban J connectivity index is 1.86. The van der Waals surface area contributed by atoms with Gasteiger partial charge in [-0.25, -0.2) is 0 Å². The van der Waals surface area contributed by atoms with Gasteiger partial charge in [0.25, 0.3) is 0 Å². The molecule has 2 fully saturated rings. The second-order valence-electron chi connectivity index (χ2n) is 6.72. The minimum atomic E-state index is 0.682. The molecule has 2 unspecified atom stereocenters. The number of rotatable bonds is 6. The fourth-order valence-corrected chi connectivity index (χ4v) is 3.17. The Bertz CT molecular complexity index is 250. The average Bonchev–Trinajstić information content (AvgIpc) is 3.12. The molecule has 2 atom stereocenters. The first-order valence-corrected chi connectivity index (χ1v) is 7.71. The molecule has 0 radical (unpaired) electrons. The summed E-state index contributed by atoms with van der Waals surface area (Å²) in [6.45, 7) is 8.41. The minimum Gasteiger partial charge on any atom is -0.312 e. The molecule has 106 valence electrons. The maximum absolute atomic E-state index is 3.71. The molecule has 2 aliphatic rings. The van der Waals surface area contributed by atoms with Crippen molar-refractivity contribution in [2.45, 2.75) is 57.7 Å². The molecule has 3 nitrogen and oxygen atoms in total. The van der Waals surface area contributed by atoms with Crippen LogP contribution in [0.15, 0.2) is 0 Å². The van der Waals surface area contributed by atoms with Crippen LogP contribution in [0.2, 0.25) is 0 Å². The van der Waals surface area contributed by atoms with Crippen LogP contribution in [0.5, 0.6) is 0 Å². The molecule has 1 aliphatic carbocycles. The van der Waals surface area contributed by atoms with Crippen LogP contribution in [-0.2, 0) is 0 Å². The Morgan fingerprint density at radius 2 is 2.00 bits per heavy atom. The third kappa shape index (κ3) is 3.94. The predicted molar refractivity (Wildman–Crippen MR) is 77.9 cm³/mol. The van der Waals surface area contributed by atoms with Gasteiger partial charge in [-0.1, -0.05) is 13.8 Å². The van der Waals surface area contributed by atoms with Crippen molar-refractivity contribution in [3.63, 3.8) is 0 Å². The van der Waals surface area contributed by atoms with Gasteiger partial charge in [0.1, 0.15) is 0 Å². The van der Waals surface area contributed by atoms with Gasteiger partial charge in [0, 0.05) is 31.2 Å². The van der Waals surface area contributed by atoms with Gasteiger partial charge < -0.3 is 10.2 Å². The Kier molecular flexibility index (Phi) is 5.05. The quantitative estimate of drug-likeness (QED) is 0.778. The van der Waals surface area contributed by atoms with E-state index in [-0.39, 0.29) is 0 Å².